The molecule has 0 saturated heterocycles. The Hall–Kier alpha value is -1.97. The summed E-state index contributed by atoms with van der Waals surface area (Å²) in [6.45, 7) is 4.39. The maximum Gasteiger partial charge on any atom is 0.231 e. The van der Waals surface area contributed by atoms with Crippen LogP contribution in [0.4, 0.5) is 0 Å². The minimum absolute atomic E-state index is 0. The summed E-state index contributed by atoms with van der Waals surface area (Å²) in [6.07, 6.45) is 3.79. The molecule has 0 amide bonds. The van der Waals surface area contributed by atoms with Crippen molar-refractivity contribution in [1.82, 2.24) is 20.4 Å². The first kappa shape index (κ1) is 18.4. The van der Waals surface area contributed by atoms with Crippen molar-refractivity contribution in [3.05, 3.63) is 41.7 Å². The molecule has 3 rings (SSSR count). The summed E-state index contributed by atoms with van der Waals surface area (Å²) in [6, 6.07) is 5.93. The fraction of sp³-hybridized carbons (Fsp3) is 0.375. The van der Waals surface area contributed by atoms with Crippen molar-refractivity contribution < 1.29 is 9.47 Å². The van der Waals surface area contributed by atoms with Gasteiger partial charge >= 0.3 is 0 Å². The monoisotopic (exact) mass is 443 g/mol. The van der Waals surface area contributed by atoms with Crippen molar-refractivity contribution in [2.45, 2.75) is 20.0 Å². The lowest BCUT2D eigenvalue weighted by Gasteiger charge is -2.11. The number of halogens is 1. The van der Waals surface area contributed by atoms with Gasteiger partial charge in [-0.05, 0) is 24.6 Å². The molecule has 2 N–H and O–H groups in total. The average Bonchev–Trinajstić information content (AvgIpc) is 3.18. The minimum Gasteiger partial charge on any atom is -0.454 e. The van der Waals surface area contributed by atoms with Crippen molar-refractivity contribution >= 4 is 29.9 Å². The highest BCUT2D eigenvalue weighted by Crippen LogP contribution is 2.32. The van der Waals surface area contributed by atoms with Crippen molar-refractivity contribution in [3.8, 4) is 11.5 Å². The van der Waals surface area contributed by atoms with E-state index >= 15 is 0 Å². The fourth-order valence-electron chi connectivity index (χ4n) is 2.30. The fourth-order valence-corrected chi connectivity index (χ4v) is 2.30. The van der Waals surface area contributed by atoms with E-state index in [9.17, 15) is 0 Å². The van der Waals surface area contributed by atoms with E-state index in [1.807, 2.05) is 44.6 Å². The topological polar surface area (TPSA) is 72.7 Å². The highest BCUT2D eigenvalue weighted by molar-refractivity contribution is 14.0. The van der Waals surface area contributed by atoms with Crippen molar-refractivity contribution in [2.24, 2.45) is 12.0 Å². The summed E-state index contributed by atoms with van der Waals surface area (Å²) < 4.78 is 12.5. The number of hydrogen-bond acceptors (Lipinski definition) is 4. The lowest BCUT2D eigenvalue weighted by atomic mass is 10.2. The zero-order chi connectivity index (χ0) is 16.1. The van der Waals surface area contributed by atoms with Gasteiger partial charge < -0.3 is 20.1 Å². The van der Waals surface area contributed by atoms with Crippen LogP contribution in [0.25, 0.3) is 0 Å². The van der Waals surface area contributed by atoms with E-state index in [1.54, 1.807) is 4.68 Å². The summed E-state index contributed by atoms with van der Waals surface area (Å²) >= 11 is 0. The highest BCUT2D eigenvalue weighted by atomic mass is 127. The third-order valence-corrected chi connectivity index (χ3v) is 3.42. The quantitative estimate of drug-likeness (QED) is 0.421. The third kappa shape index (κ3) is 4.76. The Morgan fingerprint density at radius 1 is 1.25 bits per heavy atom. The van der Waals surface area contributed by atoms with E-state index in [4.69, 9.17) is 9.47 Å². The van der Waals surface area contributed by atoms with Gasteiger partial charge in [-0.25, -0.2) is 4.99 Å². The second-order valence-electron chi connectivity index (χ2n) is 5.26. The summed E-state index contributed by atoms with van der Waals surface area (Å²) in [5.41, 5.74) is 2.19. The van der Waals surface area contributed by atoms with Gasteiger partial charge in [0.2, 0.25) is 6.79 Å². The van der Waals surface area contributed by atoms with Crippen LogP contribution in [0.1, 0.15) is 18.1 Å². The van der Waals surface area contributed by atoms with E-state index in [0.717, 1.165) is 35.1 Å². The van der Waals surface area contributed by atoms with E-state index in [2.05, 4.69) is 20.7 Å². The Kier molecular flexibility index (Phi) is 6.71. The summed E-state index contributed by atoms with van der Waals surface area (Å²) in [5, 5.41) is 10.7. The van der Waals surface area contributed by atoms with Crippen LogP contribution in [0, 0.1) is 0 Å². The molecule has 1 aliphatic rings. The molecule has 0 unspecified atom stereocenters. The lowest BCUT2D eigenvalue weighted by molar-refractivity contribution is 0.174. The molecule has 0 aliphatic carbocycles. The molecule has 8 heteroatoms. The van der Waals surface area contributed by atoms with Gasteiger partial charge in [0.05, 0.1) is 12.7 Å². The molecule has 24 heavy (non-hydrogen) atoms. The molecular weight excluding hydrogens is 421 g/mol. The molecule has 0 fully saturated rings. The first-order valence-corrected chi connectivity index (χ1v) is 7.63. The highest BCUT2D eigenvalue weighted by Gasteiger charge is 2.13. The molecule has 2 heterocycles. The molecule has 0 bridgehead atoms. The van der Waals surface area contributed by atoms with E-state index in [0.29, 0.717) is 19.9 Å². The maximum atomic E-state index is 5.40. The molecule has 0 saturated carbocycles. The van der Waals surface area contributed by atoms with Crippen LogP contribution in [-0.4, -0.2) is 29.1 Å². The SMILES string of the molecule is CCNC(=NCc1cnn(C)c1)NCc1ccc2c(c1)OCO2.I. The van der Waals surface area contributed by atoms with Gasteiger partial charge in [0.15, 0.2) is 17.5 Å². The van der Waals surface area contributed by atoms with Crippen LogP contribution in [-0.2, 0) is 20.1 Å². The smallest absolute Gasteiger partial charge is 0.231 e. The Labute approximate surface area is 158 Å². The molecular formula is C16H22IN5O2. The number of nitrogens with one attached hydrogen (secondary N) is 2. The first-order chi connectivity index (χ1) is 11.2. The van der Waals surface area contributed by atoms with E-state index in [1.165, 1.54) is 0 Å². The molecule has 7 nitrogen and oxygen atoms in total. The molecule has 130 valence electrons. The lowest BCUT2D eigenvalue weighted by Crippen LogP contribution is -2.36. The summed E-state index contributed by atoms with van der Waals surface area (Å²) in [5.74, 6) is 2.36. The maximum absolute atomic E-state index is 5.40. The number of aromatic nitrogens is 2. The minimum atomic E-state index is 0. The normalized spacial score (nSPS) is 12.7. The Bertz CT molecular complexity index is 702. The third-order valence-electron chi connectivity index (χ3n) is 3.42. The van der Waals surface area contributed by atoms with Crippen LogP contribution in [0.3, 0.4) is 0 Å². The molecule has 0 spiro atoms. The number of hydrogen-bond donors (Lipinski definition) is 2. The second-order valence-corrected chi connectivity index (χ2v) is 5.26. The van der Waals surface area contributed by atoms with Crippen molar-refractivity contribution in [2.75, 3.05) is 13.3 Å². The van der Waals surface area contributed by atoms with Gasteiger partial charge in [0, 0.05) is 31.9 Å². The molecule has 0 radical (unpaired) electrons. The zero-order valence-electron chi connectivity index (χ0n) is 13.8. The number of aryl methyl sites for hydroxylation is 1. The van der Waals surface area contributed by atoms with Crippen LogP contribution in [0.15, 0.2) is 35.6 Å². The van der Waals surface area contributed by atoms with Crippen LogP contribution >= 0.6 is 24.0 Å². The molecule has 1 aliphatic heterocycles. The van der Waals surface area contributed by atoms with Gasteiger partial charge in [-0.2, -0.15) is 5.10 Å². The number of rotatable bonds is 5. The van der Waals surface area contributed by atoms with Gasteiger partial charge in [-0.15, -0.1) is 24.0 Å². The van der Waals surface area contributed by atoms with Crippen molar-refractivity contribution in [1.29, 1.82) is 0 Å². The Morgan fingerprint density at radius 2 is 2.08 bits per heavy atom. The van der Waals surface area contributed by atoms with Crippen LogP contribution in [0.2, 0.25) is 0 Å². The Morgan fingerprint density at radius 3 is 2.83 bits per heavy atom. The van der Waals surface area contributed by atoms with Gasteiger partial charge in [0.1, 0.15) is 0 Å². The molecule has 2 aromatic rings. The number of nitrogens with zero attached hydrogens (tertiary/aromatic N) is 3. The van der Waals surface area contributed by atoms with Gasteiger partial charge in [-0.1, -0.05) is 6.07 Å². The summed E-state index contributed by atoms with van der Waals surface area (Å²) in [7, 11) is 1.90. The number of ether oxygens (including phenoxy) is 2. The first-order valence-electron chi connectivity index (χ1n) is 7.63. The van der Waals surface area contributed by atoms with Crippen molar-refractivity contribution in [3.63, 3.8) is 0 Å². The Balaban J connectivity index is 0.00000208. The van der Waals surface area contributed by atoms with Gasteiger partial charge in [-0.3, -0.25) is 4.68 Å². The average molecular weight is 443 g/mol. The van der Waals surface area contributed by atoms with Gasteiger partial charge in [0.25, 0.3) is 0 Å². The van der Waals surface area contributed by atoms with Crippen LogP contribution in [0.5, 0.6) is 11.5 Å². The number of benzene rings is 1. The summed E-state index contributed by atoms with van der Waals surface area (Å²) in [4.78, 5) is 4.57. The largest absolute Gasteiger partial charge is 0.454 e. The standard InChI is InChI=1S/C16H21N5O2.HI/c1-3-17-16(19-8-13-9-20-21(2)10-13)18-7-12-4-5-14-15(6-12)23-11-22-14;/h4-6,9-10H,3,7-8,11H2,1-2H3,(H2,17,18,19);1H. The molecule has 0 atom stereocenters. The van der Waals surface area contributed by atoms with E-state index in [-0.39, 0.29) is 24.0 Å². The number of aliphatic imine (C=N–C) groups is 1. The van der Waals surface area contributed by atoms with Crippen LogP contribution < -0.4 is 20.1 Å². The van der Waals surface area contributed by atoms with E-state index < -0.39 is 0 Å². The zero-order valence-corrected chi connectivity index (χ0v) is 16.1. The predicted molar refractivity (Wildman–Crippen MR) is 103 cm³/mol. The molecule has 1 aromatic carbocycles. The predicted octanol–water partition coefficient (Wildman–Crippen LogP) is 2.02. The number of fused-ring (bicyclic) bond motifs is 1. The second kappa shape index (κ2) is 8.76. The number of guanidine groups is 1. The molecule has 1 aromatic heterocycles.